The minimum Gasteiger partial charge on any atom is -0.481 e. The third kappa shape index (κ3) is 6.24. The van der Waals surface area contributed by atoms with Gasteiger partial charge in [-0.3, -0.25) is 14.9 Å². The molecule has 1 heterocycles. The summed E-state index contributed by atoms with van der Waals surface area (Å²) in [5, 5.41) is 16.8. The van der Waals surface area contributed by atoms with E-state index in [0.717, 1.165) is 19.0 Å². The van der Waals surface area contributed by atoms with Crippen LogP contribution in [0.3, 0.4) is 0 Å². The second-order valence-corrected chi connectivity index (χ2v) is 12.9. The molecule has 0 spiro atoms. The standard InChI is InChI=1S/C26H20Br4N4O4/c1-26(2,3)25-32-21-7-6-16(27)9-19(21)24(35)33(25)31-12-15-8-18(29)11-22(34(36)37)23(15)38-13-14-4-5-17(28)10-20(14)30/h4-12H,13H2,1-3H3. The number of nitro groups is 1. The Bertz CT molecular complexity index is 1660. The van der Waals surface area contributed by atoms with E-state index in [-0.39, 0.29) is 23.6 Å². The van der Waals surface area contributed by atoms with Crippen molar-refractivity contribution in [3.8, 4) is 5.75 Å². The van der Waals surface area contributed by atoms with E-state index in [9.17, 15) is 14.9 Å². The number of aromatic nitrogens is 2. The van der Waals surface area contributed by atoms with Gasteiger partial charge in [-0.15, -0.1) is 0 Å². The number of fused-ring (bicyclic) bond motifs is 1. The molecule has 0 unspecified atom stereocenters. The maximum absolute atomic E-state index is 13.5. The van der Waals surface area contributed by atoms with Crippen molar-refractivity contribution in [1.29, 1.82) is 0 Å². The number of hydrogen-bond acceptors (Lipinski definition) is 6. The molecule has 0 aliphatic heterocycles. The molecule has 0 radical (unpaired) electrons. The van der Waals surface area contributed by atoms with Gasteiger partial charge in [0.25, 0.3) is 5.56 Å². The van der Waals surface area contributed by atoms with E-state index in [1.807, 2.05) is 45.0 Å². The molecule has 1 aromatic heterocycles. The van der Waals surface area contributed by atoms with Gasteiger partial charge in [-0.1, -0.05) is 90.6 Å². The number of ether oxygens (including phenoxy) is 1. The van der Waals surface area contributed by atoms with Crippen molar-refractivity contribution >= 4 is 86.5 Å². The van der Waals surface area contributed by atoms with Crippen LogP contribution in [0.15, 0.2) is 76.3 Å². The zero-order valence-corrected chi connectivity index (χ0v) is 26.7. The highest BCUT2D eigenvalue weighted by Crippen LogP contribution is 2.35. The van der Waals surface area contributed by atoms with Crippen LogP contribution in [0.25, 0.3) is 10.9 Å². The molecule has 0 saturated heterocycles. The molecule has 0 aliphatic rings. The van der Waals surface area contributed by atoms with Gasteiger partial charge >= 0.3 is 5.69 Å². The predicted molar refractivity (Wildman–Crippen MR) is 162 cm³/mol. The predicted octanol–water partition coefficient (Wildman–Crippen LogP) is 8.11. The Morgan fingerprint density at radius 3 is 2.37 bits per heavy atom. The average Bonchev–Trinajstić information content (AvgIpc) is 2.83. The topological polar surface area (TPSA) is 99.6 Å². The number of nitro benzene ring substituents is 1. The minimum atomic E-state index is -0.520. The third-order valence-corrected chi connectivity index (χ3v) is 7.62. The average molecular weight is 772 g/mol. The molecule has 12 heteroatoms. The molecule has 4 aromatic rings. The molecule has 0 N–H and O–H groups in total. The zero-order chi connectivity index (χ0) is 27.8. The van der Waals surface area contributed by atoms with Crippen molar-refractivity contribution in [2.75, 3.05) is 0 Å². The Balaban J connectivity index is 1.86. The first-order valence-corrected chi connectivity index (χ1v) is 14.3. The van der Waals surface area contributed by atoms with Gasteiger partial charge in [-0.05, 0) is 36.4 Å². The lowest BCUT2D eigenvalue weighted by atomic mass is 9.95. The van der Waals surface area contributed by atoms with E-state index in [2.05, 4.69) is 68.8 Å². The summed E-state index contributed by atoms with van der Waals surface area (Å²) < 4.78 is 10.1. The van der Waals surface area contributed by atoms with Crippen LogP contribution in [0.1, 0.15) is 37.7 Å². The summed E-state index contributed by atoms with van der Waals surface area (Å²) in [4.78, 5) is 29.6. The van der Waals surface area contributed by atoms with Crippen LogP contribution in [0.4, 0.5) is 5.69 Å². The molecule has 0 aliphatic carbocycles. The maximum Gasteiger partial charge on any atom is 0.312 e. The Morgan fingerprint density at radius 2 is 1.71 bits per heavy atom. The lowest BCUT2D eigenvalue weighted by molar-refractivity contribution is -0.386. The molecule has 3 aromatic carbocycles. The SMILES string of the molecule is CC(C)(C)c1nc2ccc(Br)cc2c(=O)n1N=Cc1cc(Br)cc([N+](=O)[O-])c1OCc1ccc(Br)cc1Br. The summed E-state index contributed by atoms with van der Waals surface area (Å²) in [5.41, 5.74) is 0.552. The van der Waals surface area contributed by atoms with Gasteiger partial charge in [0.1, 0.15) is 12.4 Å². The van der Waals surface area contributed by atoms with Gasteiger partial charge in [-0.25, -0.2) is 4.98 Å². The van der Waals surface area contributed by atoms with Crippen LogP contribution >= 0.6 is 63.7 Å². The molecule has 4 rings (SSSR count). The summed E-state index contributed by atoms with van der Waals surface area (Å²) in [6.07, 6.45) is 1.38. The summed E-state index contributed by atoms with van der Waals surface area (Å²) in [6.45, 7) is 5.86. The van der Waals surface area contributed by atoms with Crippen LogP contribution in [0.2, 0.25) is 0 Å². The number of benzene rings is 3. The van der Waals surface area contributed by atoms with Gasteiger partial charge in [0.05, 0.1) is 22.0 Å². The Morgan fingerprint density at radius 1 is 1.03 bits per heavy atom. The van der Waals surface area contributed by atoms with Crippen LogP contribution < -0.4 is 10.3 Å². The molecular weight excluding hydrogens is 752 g/mol. The fourth-order valence-corrected chi connectivity index (χ4v) is 5.62. The van der Waals surface area contributed by atoms with Crippen LogP contribution in [-0.2, 0) is 12.0 Å². The van der Waals surface area contributed by atoms with Crippen molar-refractivity contribution in [1.82, 2.24) is 9.66 Å². The smallest absolute Gasteiger partial charge is 0.312 e. The van der Waals surface area contributed by atoms with Crippen LogP contribution in [0, 0.1) is 10.1 Å². The van der Waals surface area contributed by atoms with Crippen LogP contribution in [0.5, 0.6) is 5.75 Å². The van der Waals surface area contributed by atoms with Gasteiger partial charge in [0.2, 0.25) is 5.75 Å². The molecule has 0 atom stereocenters. The quantitative estimate of drug-likeness (QED) is 0.112. The van der Waals surface area contributed by atoms with Crippen LogP contribution in [-0.4, -0.2) is 20.8 Å². The van der Waals surface area contributed by atoms with E-state index >= 15 is 0 Å². The molecule has 0 bridgehead atoms. The Kier molecular flexibility index (Phi) is 8.55. The highest BCUT2D eigenvalue weighted by Gasteiger charge is 2.24. The number of nitrogens with zero attached hydrogens (tertiary/aromatic N) is 4. The number of hydrogen-bond donors (Lipinski definition) is 0. The third-order valence-electron chi connectivity index (χ3n) is 5.44. The first-order chi connectivity index (χ1) is 17.8. The van der Waals surface area contributed by atoms with Gasteiger partial charge in [0.15, 0.2) is 0 Å². The molecule has 196 valence electrons. The van der Waals surface area contributed by atoms with E-state index in [0.29, 0.717) is 26.8 Å². The second-order valence-electron chi connectivity index (χ2n) is 9.33. The molecular formula is C26H20Br4N4O4. The van der Waals surface area contributed by atoms with Crippen molar-refractivity contribution in [3.05, 3.63) is 104 Å². The van der Waals surface area contributed by atoms with Crippen molar-refractivity contribution < 1.29 is 9.66 Å². The maximum atomic E-state index is 13.5. The lowest BCUT2D eigenvalue weighted by Gasteiger charge is -2.21. The molecule has 0 saturated carbocycles. The monoisotopic (exact) mass is 768 g/mol. The van der Waals surface area contributed by atoms with E-state index in [1.165, 1.54) is 17.0 Å². The normalized spacial score (nSPS) is 11.9. The first kappa shape index (κ1) is 28.6. The van der Waals surface area contributed by atoms with Gasteiger partial charge in [-0.2, -0.15) is 9.78 Å². The van der Waals surface area contributed by atoms with Gasteiger partial charge in [0, 0.05) is 40.5 Å². The second kappa shape index (κ2) is 11.4. The van der Waals surface area contributed by atoms with Crippen molar-refractivity contribution in [3.63, 3.8) is 0 Å². The summed E-state index contributed by atoms with van der Waals surface area (Å²) >= 11 is 13.6. The summed E-state index contributed by atoms with van der Waals surface area (Å²) in [6, 6.07) is 13.9. The van der Waals surface area contributed by atoms with E-state index in [1.54, 1.807) is 18.2 Å². The van der Waals surface area contributed by atoms with E-state index < -0.39 is 10.3 Å². The molecule has 0 fully saturated rings. The highest BCUT2D eigenvalue weighted by molar-refractivity contribution is 9.11. The first-order valence-electron chi connectivity index (χ1n) is 11.2. The van der Waals surface area contributed by atoms with Crippen molar-refractivity contribution in [2.24, 2.45) is 5.10 Å². The fraction of sp³-hybridized carbons (Fsp3) is 0.192. The minimum absolute atomic E-state index is 0.0265. The zero-order valence-electron chi connectivity index (χ0n) is 20.3. The number of halogens is 4. The Hall–Kier alpha value is -2.41. The Labute approximate surface area is 251 Å². The highest BCUT2D eigenvalue weighted by atomic mass is 79.9. The lowest BCUT2D eigenvalue weighted by Crippen LogP contribution is -2.29. The van der Waals surface area contributed by atoms with E-state index in [4.69, 9.17) is 9.72 Å². The largest absolute Gasteiger partial charge is 0.481 e. The summed E-state index contributed by atoms with van der Waals surface area (Å²) in [5.74, 6) is 0.470. The van der Waals surface area contributed by atoms with Gasteiger partial charge < -0.3 is 4.74 Å². The fourth-order valence-electron chi connectivity index (χ4n) is 3.64. The van der Waals surface area contributed by atoms with Crippen molar-refractivity contribution in [2.45, 2.75) is 32.8 Å². The number of rotatable bonds is 6. The summed E-state index contributed by atoms with van der Waals surface area (Å²) in [7, 11) is 0. The molecule has 38 heavy (non-hydrogen) atoms. The molecule has 0 amide bonds. The molecule has 8 nitrogen and oxygen atoms in total.